The molecular formula is C31H27F13O5. The van der Waals surface area contributed by atoms with E-state index in [0.717, 1.165) is 18.9 Å². The Hall–Kier alpha value is -4.25. The number of alkyl halides is 13. The normalized spacial score (nSPS) is 13.3. The second-order valence-electron chi connectivity index (χ2n) is 10.4. The predicted molar refractivity (Wildman–Crippen MR) is 147 cm³/mol. The van der Waals surface area contributed by atoms with Gasteiger partial charge in [0.2, 0.25) is 0 Å². The minimum absolute atomic E-state index is 0.114. The maximum Gasteiger partial charge on any atom is 0.460 e. The maximum atomic E-state index is 14.3. The van der Waals surface area contributed by atoms with Crippen LogP contribution in [0.25, 0.3) is 6.08 Å². The number of hydrogen-bond acceptors (Lipinski definition) is 5. The number of esters is 2. The van der Waals surface area contributed by atoms with E-state index in [1.807, 2.05) is 0 Å². The third-order valence-corrected chi connectivity index (χ3v) is 6.55. The van der Waals surface area contributed by atoms with Gasteiger partial charge in [0.15, 0.2) is 0 Å². The molecule has 0 unspecified atom stereocenters. The zero-order valence-electron chi connectivity index (χ0n) is 25.2. The van der Waals surface area contributed by atoms with Crippen molar-refractivity contribution in [2.24, 2.45) is 0 Å². The van der Waals surface area contributed by atoms with E-state index in [1.54, 1.807) is 19.1 Å². The molecule has 18 heteroatoms. The van der Waals surface area contributed by atoms with E-state index in [2.05, 4.69) is 6.58 Å². The van der Waals surface area contributed by atoms with Crippen LogP contribution in [0.5, 0.6) is 11.5 Å². The van der Waals surface area contributed by atoms with E-state index in [4.69, 9.17) is 14.2 Å². The molecule has 0 atom stereocenters. The van der Waals surface area contributed by atoms with Crippen molar-refractivity contribution in [3.05, 3.63) is 77.9 Å². The van der Waals surface area contributed by atoms with Crippen LogP contribution in [0.1, 0.15) is 43.7 Å². The molecule has 2 aromatic rings. The van der Waals surface area contributed by atoms with Crippen molar-refractivity contribution in [1.29, 1.82) is 0 Å². The van der Waals surface area contributed by atoms with Crippen LogP contribution >= 0.6 is 0 Å². The SMILES string of the molecule is C=C(C)C(=O)OCCCCCCOc1ccc(C=CC(=O)Oc2ccc(C(F)(F)C(F)(F)C(F)(F)C(F)(F)C(F)(F)C(F)(F)F)cc2)cc1. The summed E-state index contributed by atoms with van der Waals surface area (Å²) in [7, 11) is 0. The Morgan fingerprint density at radius 2 is 1.14 bits per heavy atom. The predicted octanol–water partition coefficient (Wildman–Crippen LogP) is 9.56. The van der Waals surface area contributed by atoms with Gasteiger partial charge in [0, 0.05) is 17.2 Å². The highest BCUT2D eigenvalue weighted by molar-refractivity contribution is 5.88. The third-order valence-electron chi connectivity index (χ3n) is 6.55. The summed E-state index contributed by atoms with van der Waals surface area (Å²) >= 11 is 0. The molecule has 0 aliphatic rings. The van der Waals surface area contributed by atoms with Crippen LogP contribution in [0.15, 0.2) is 66.8 Å². The van der Waals surface area contributed by atoms with E-state index in [1.165, 1.54) is 18.2 Å². The van der Waals surface area contributed by atoms with Crippen molar-refractivity contribution in [3.8, 4) is 11.5 Å². The number of carbonyl (C=O) groups excluding carboxylic acids is 2. The molecule has 49 heavy (non-hydrogen) atoms. The standard InChI is InChI=1S/C31H27F13O5/c1-19(2)25(46)48-18-6-4-3-5-17-47-22-12-7-20(8-13-22)9-16-24(45)49-23-14-10-21(11-15-23)26(32,33)27(34,35)28(36,37)29(38,39)30(40,41)31(42,43)44/h7-16H,1,3-6,17-18H2,2H3. The first-order valence-electron chi connectivity index (χ1n) is 13.9. The fraction of sp³-hybridized carbons (Fsp3) is 0.419. The Labute approximate surface area is 270 Å². The molecule has 0 saturated heterocycles. The maximum absolute atomic E-state index is 14.3. The molecule has 2 rings (SSSR count). The lowest BCUT2D eigenvalue weighted by Gasteiger charge is -2.39. The quantitative estimate of drug-likeness (QED) is 0.0535. The first kappa shape index (κ1) is 40.9. The number of ether oxygens (including phenoxy) is 3. The van der Waals surface area contributed by atoms with Gasteiger partial charge in [-0.25, -0.2) is 9.59 Å². The van der Waals surface area contributed by atoms with Gasteiger partial charge >= 0.3 is 47.7 Å². The Morgan fingerprint density at radius 1 is 0.653 bits per heavy atom. The lowest BCUT2D eigenvalue weighted by molar-refractivity contribution is -0.441. The summed E-state index contributed by atoms with van der Waals surface area (Å²) in [5.41, 5.74) is -1.45. The molecule has 0 fully saturated rings. The van der Waals surface area contributed by atoms with E-state index in [0.29, 0.717) is 48.5 Å². The highest BCUT2D eigenvalue weighted by Gasteiger charge is 2.90. The monoisotopic (exact) mass is 726 g/mol. The van der Waals surface area contributed by atoms with E-state index < -0.39 is 59.0 Å². The number of carbonyl (C=O) groups is 2. The van der Waals surface area contributed by atoms with Crippen LogP contribution in [0.3, 0.4) is 0 Å². The average Bonchev–Trinajstić information content (AvgIpc) is 3.01. The van der Waals surface area contributed by atoms with Crippen LogP contribution in [-0.4, -0.2) is 55.0 Å². The second kappa shape index (κ2) is 15.5. The summed E-state index contributed by atoms with van der Waals surface area (Å²) in [5, 5.41) is 0. The van der Waals surface area contributed by atoms with E-state index in [9.17, 15) is 66.7 Å². The zero-order chi connectivity index (χ0) is 37.5. The topological polar surface area (TPSA) is 61.8 Å². The van der Waals surface area contributed by atoms with Gasteiger partial charge in [0.05, 0.1) is 13.2 Å². The van der Waals surface area contributed by atoms with Crippen LogP contribution in [0, 0.1) is 0 Å². The van der Waals surface area contributed by atoms with Gasteiger partial charge < -0.3 is 14.2 Å². The van der Waals surface area contributed by atoms with Gasteiger partial charge in [0.1, 0.15) is 11.5 Å². The van der Waals surface area contributed by atoms with Crippen molar-refractivity contribution in [3.63, 3.8) is 0 Å². The Bertz CT molecular complexity index is 1470. The highest BCUT2D eigenvalue weighted by atomic mass is 19.4. The number of halogens is 13. The van der Waals surface area contributed by atoms with Crippen molar-refractivity contribution >= 4 is 18.0 Å². The van der Waals surface area contributed by atoms with Gasteiger partial charge in [-0.2, -0.15) is 57.1 Å². The van der Waals surface area contributed by atoms with Crippen molar-refractivity contribution < 1.29 is 80.9 Å². The molecule has 0 amide bonds. The molecule has 0 heterocycles. The first-order chi connectivity index (χ1) is 22.4. The van der Waals surface area contributed by atoms with Gasteiger partial charge in [-0.15, -0.1) is 0 Å². The minimum Gasteiger partial charge on any atom is -0.494 e. The largest absolute Gasteiger partial charge is 0.494 e. The molecule has 0 radical (unpaired) electrons. The van der Waals surface area contributed by atoms with E-state index in [-0.39, 0.29) is 18.7 Å². The fourth-order valence-corrected chi connectivity index (χ4v) is 3.71. The molecule has 0 N–H and O–H groups in total. The van der Waals surface area contributed by atoms with Gasteiger partial charge in [0.25, 0.3) is 0 Å². The molecule has 0 saturated carbocycles. The number of unbranched alkanes of at least 4 members (excludes halogenated alkanes) is 3. The Kier molecular flexibility index (Phi) is 13.0. The molecule has 272 valence electrons. The van der Waals surface area contributed by atoms with Crippen molar-refractivity contribution in [1.82, 2.24) is 0 Å². The second-order valence-corrected chi connectivity index (χ2v) is 10.4. The molecule has 0 aliphatic carbocycles. The minimum atomic E-state index is -8.01. The van der Waals surface area contributed by atoms with Gasteiger partial charge in [-0.1, -0.05) is 18.7 Å². The molecule has 0 aromatic heterocycles. The molecule has 0 spiro atoms. The van der Waals surface area contributed by atoms with Crippen LogP contribution in [0.2, 0.25) is 0 Å². The van der Waals surface area contributed by atoms with Gasteiger partial charge in [-0.3, -0.25) is 0 Å². The molecule has 2 aromatic carbocycles. The summed E-state index contributed by atoms with van der Waals surface area (Å²) < 4.78 is 189. The molecule has 0 bridgehead atoms. The van der Waals surface area contributed by atoms with Crippen LogP contribution in [0.4, 0.5) is 57.1 Å². The van der Waals surface area contributed by atoms with Crippen molar-refractivity contribution in [2.75, 3.05) is 13.2 Å². The van der Waals surface area contributed by atoms with Crippen LogP contribution in [-0.2, 0) is 20.2 Å². The summed E-state index contributed by atoms with van der Waals surface area (Å²) in [6, 6.07) is 6.65. The third kappa shape index (κ3) is 9.26. The summed E-state index contributed by atoms with van der Waals surface area (Å²) in [5.74, 6) is -39.4. The summed E-state index contributed by atoms with van der Waals surface area (Å²) in [6.07, 6.45) is -2.43. The smallest absolute Gasteiger partial charge is 0.460 e. The molecule has 5 nitrogen and oxygen atoms in total. The van der Waals surface area contributed by atoms with Gasteiger partial charge in [-0.05, 0) is 80.6 Å². The molecular weight excluding hydrogens is 699 g/mol. The zero-order valence-corrected chi connectivity index (χ0v) is 25.2. The Balaban J connectivity index is 1.95. The van der Waals surface area contributed by atoms with E-state index >= 15 is 0 Å². The fourth-order valence-electron chi connectivity index (χ4n) is 3.71. The Morgan fingerprint density at radius 3 is 1.65 bits per heavy atom. The average molecular weight is 727 g/mol. The number of hydrogen-bond donors (Lipinski definition) is 0. The lowest BCUT2D eigenvalue weighted by Crippen LogP contribution is -2.69. The summed E-state index contributed by atoms with van der Waals surface area (Å²) in [4.78, 5) is 23.3. The van der Waals surface area contributed by atoms with Crippen molar-refractivity contribution in [2.45, 2.75) is 68.4 Å². The lowest BCUT2D eigenvalue weighted by atomic mass is 9.90. The molecule has 0 aliphatic heterocycles. The first-order valence-corrected chi connectivity index (χ1v) is 13.9. The summed E-state index contributed by atoms with van der Waals surface area (Å²) in [6.45, 7) is 5.69. The highest BCUT2D eigenvalue weighted by Crippen LogP contribution is 2.62. The van der Waals surface area contributed by atoms with Crippen LogP contribution < -0.4 is 9.47 Å². The number of rotatable bonds is 17. The number of benzene rings is 2.